The van der Waals surface area contributed by atoms with Gasteiger partial charge in [-0.15, -0.1) is 0 Å². The molecule has 2 rings (SSSR count). The molecule has 0 aromatic carbocycles. The topological polar surface area (TPSA) is 54.5 Å². The van der Waals surface area contributed by atoms with Crippen LogP contribution in [0.25, 0.3) is 0 Å². The smallest absolute Gasteiger partial charge is 0.225 e. The van der Waals surface area contributed by atoms with Gasteiger partial charge in [-0.2, -0.15) is 0 Å². The summed E-state index contributed by atoms with van der Waals surface area (Å²) < 4.78 is 23.3. The van der Waals surface area contributed by atoms with Gasteiger partial charge in [-0.05, 0) is 38.0 Å². The maximum absolute atomic E-state index is 12.5. The molecule has 5 heteroatoms. The van der Waals surface area contributed by atoms with Crippen LogP contribution in [0.2, 0.25) is 0 Å². The van der Waals surface area contributed by atoms with Crippen LogP contribution in [0.3, 0.4) is 0 Å². The van der Waals surface area contributed by atoms with E-state index in [0.717, 1.165) is 12.3 Å². The second-order valence-corrected chi connectivity index (χ2v) is 8.68. The van der Waals surface area contributed by atoms with Crippen molar-refractivity contribution < 1.29 is 13.2 Å². The van der Waals surface area contributed by atoms with Gasteiger partial charge in [0.25, 0.3) is 0 Å². The Morgan fingerprint density at radius 1 is 1.32 bits per heavy atom. The summed E-state index contributed by atoms with van der Waals surface area (Å²) in [6, 6.07) is -0.225. The number of hydrogen-bond acceptors (Lipinski definition) is 3. The number of nitrogens with zero attached hydrogens (tertiary/aromatic N) is 1. The van der Waals surface area contributed by atoms with Gasteiger partial charge in [-0.3, -0.25) is 4.79 Å². The van der Waals surface area contributed by atoms with Crippen molar-refractivity contribution in [2.45, 2.75) is 45.6 Å². The second kappa shape index (κ2) is 5.43. The summed E-state index contributed by atoms with van der Waals surface area (Å²) in [5.41, 5.74) is 0. The Kier molecular flexibility index (Phi) is 4.23. The molecule has 2 aliphatic carbocycles. The normalized spacial score (nSPS) is 31.4. The number of fused-ring (bicyclic) bond motifs is 2. The van der Waals surface area contributed by atoms with Crippen molar-refractivity contribution in [3.63, 3.8) is 0 Å². The molecule has 4 nitrogen and oxygen atoms in total. The maximum Gasteiger partial charge on any atom is 0.225 e. The molecule has 19 heavy (non-hydrogen) atoms. The summed E-state index contributed by atoms with van der Waals surface area (Å²) in [4.78, 5) is 14.1. The van der Waals surface area contributed by atoms with Gasteiger partial charge in [0.2, 0.25) is 5.91 Å². The standard InChI is InChI=1S/C14H25NO3S/c1-4-19(17,18)9-10(2)15(3)14(16)13-8-11-5-6-12(13)7-11/h10-13H,4-9H2,1-3H3. The van der Waals surface area contributed by atoms with Crippen LogP contribution < -0.4 is 0 Å². The van der Waals surface area contributed by atoms with Crippen molar-refractivity contribution in [2.75, 3.05) is 18.6 Å². The van der Waals surface area contributed by atoms with Crippen LogP contribution in [-0.4, -0.2) is 43.8 Å². The monoisotopic (exact) mass is 287 g/mol. The van der Waals surface area contributed by atoms with Gasteiger partial charge in [-0.1, -0.05) is 13.3 Å². The Labute approximate surface area is 116 Å². The van der Waals surface area contributed by atoms with E-state index in [1.165, 1.54) is 19.3 Å². The Balaban J connectivity index is 1.95. The SMILES string of the molecule is CCS(=O)(=O)CC(C)N(C)C(=O)C1CC2CCC1C2. The Hall–Kier alpha value is -0.580. The molecular formula is C14H25NO3S. The Bertz CT molecular complexity index is 446. The van der Waals surface area contributed by atoms with E-state index in [4.69, 9.17) is 0 Å². The predicted molar refractivity (Wildman–Crippen MR) is 75.5 cm³/mol. The molecule has 0 saturated heterocycles. The summed E-state index contributed by atoms with van der Waals surface area (Å²) in [6.07, 6.45) is 4.67. The number of carbonyl (C=O) groups is 1. The fourth-order valence-corrected chi connectivity index (χ4v) is 4.82. The van der Waals surface area contributed by atoms with Gasteiger partial charge in [0.15, 0.2) is 9.84 Å². The van der Waals surface area contributed by atoms with Crippen molar-refractivity contribution in [1.82, 2.24) is 4.90 Å². The fraction of sp³-hybridized carbons (Fsp3) is 0.929. The third-order valence-electron chi connectivity index (χ3n) is 5.00. The van der Waals surface area contributed by atoms with E-state index in [-0.39, 0.29) is 29.4 Å². The van der Waals surface area contributed by atoms with Gasteiger partial charge < -0.3 is 4.90 Å². The molecule has 0 aromatic rings. The van der Waals surface area contributed by atoms with E-state index >= 15 is 0 Å². The molecule has 2 bridgehead atoms. The Morgan fingerprint density at radius 3 is 2.47 bits per heavy atom. The second-order valence-electron chi connectivity index (χ2n) is 6.28. The van der Waals surface area contributed by atoms with E-state index in [9.17, 15) is 13.2 Å². The summed E-state index contributed by atoms with van der Waals surface area (Å²) >= 11 is 0. The number of hydrogen-bond donors (Lipinski definition) is 0. The average Bonchev–Trinajstić information content (AvgIpc) is 2.98. The highest BCUT2D eigenvalue weighted by molar-refractivity contribution is 7.91. The molecule has 0 spiro atoms. The van der Waals surface area contributed by atoms with Crippen LogP contribution >= 0.6 is 0 Å². The van der Waals surface area contributed by atoms with Crippen LogP contribution in [0.15, 0.2) is 0 Å². The van der Waals surface area contributed by atoms with Crippen LogP contribution in [0.1, 0.15) is 39.5 Å². The van der Waals surface area contributed by atoms with Gasteiger partial charge >= 0.3 is 0 Å². The number of amides is 1. The van der Waals surface area contributed by atoms with Crippen LogP contribution in [-0.2, 0) is 14.6 Å². The van der Waals surface area contributed by atoms with E-state index in [2.05, 4.69) is 0 Å². The summed E-state index contributed by atoms with van der Waals surface area (Å²) in [5.74, 6) is 1.82. The molecule has 2 fully saturated rings. The number of sulfone groups is 1. The van der Waals surface area contributed by atoms with Crippen molar-refractivity contribution >= 4 is 15.7 Å². The molecule has 0 radical (unpaired) electrons. The van der Waals surface area contributed by atoms with Gasteiger partial charge in [0.05, 0.1) is 5.75 Å². The summed E-state index contributed by atoms with van der Waals surface area (Å²) in [6.45, 7) is 3.48. The lowest BCUT2D eigenvalue weighted by Gasteiger charge is -2.30. The molecule has 110 valence electrons. The lowest BCUT2D eigenvalue weighted by Crippen LogP contribution is -2.44. The molecule has 0 aromatic heterocycles. The lowest BCUT2D eigenvalue weighted by molar-refractivity contribution is -0.137. The van der Waals surface area contributed by atoms with Crippen molar-refractivity contribution in [3.8, 4) is 0 Å². The van der Waals surface area contributed by atoms with Crippen molar-refractivity contribution in [2.24, 2.45) is 17.8 Å². The number of carbonyl (C=O) groups excluding carboxylic acids is 1. The zero-order valence-electron chi connectivity index (χ0n) is 12.1. The highest BCUT2D eigenvalue weighted by Crippen LogP contribution is 2.48. The average molecular weight is 287 g/mol. The van der Waals surface area contributed by atoms with Crippen molar-refractivity contribution in [3.05, 3.63) is 0 Å². The third-order valence-corrected chi connectivity index (χ3v) is 6.87. The molecule has 4 atom stereocenters. The first-order chi connectivity index (χ1) is 8.84. The van der Waals surface area contributed by atoms with E-state index in [1.807, 2.05) is 6.92 Å². The van der Waals surface area contributed by atoms with E-state index < -0.39 is 9.84 Å². The molecule has 2 saturated carbocycles. The minimum Gasteiger partial charge on any atom is -0.342 e. The first kappa shape index (κ1) is 14.8. The Morgan fingerprint density at radius 2 is 2.00 bits per heavy atom. The molecule has 4 unspecified atom stereocenters. The maximum atomic E-state index is 12.5. The van der Waals surface area contributed by atoms with Gasteiger partial charge in [-0.25, -0.2) is 8.42 Å². The first-order valence-electron chi connectivity index (χ1n) is 7.31. The third kappa shape index (κ3) is 3.12. The molecule has 1 amide bonds. The van der Waals surface area contributed by atoms with Crippen molar-refractivity contribution in [1.29, 1.82) is 0 Å². The highest BCUT2D eigenvalue weighted by atomic mass is 32.2. The number of rotatable bonds is 5. The predicted octanol–water partition coefficient (Wildman–Crippen LogP) is 1.70. The quantitative estimate of drug-likeness (QED) is 0.773. The van der Waals surface area contributed by atoms with Crippen LogP contribution in [0, 0.1) is 17.8 Å². The van der Waals surface area contributed by atoms with Gasteiger partial charge in [0.1, 0.15) is 0 Å². The minimum atomic E-state index is -3.02. The lowest BCUT2D eigenvalue weighted by atomic mass is 9.87. The van der Waals surface area contributed by atoms with Crippen LogP contribution in [0.4, 0.5) is 0 Å². The zero-order chi connectivity index (χ0) is 14.2. The van der Waals surface area contributed by atoms with E-state index in [0.29, 0.717) is 5.92 Å². The molecular weight excluding hydrogens is 262 g/mol. The van der Waals surface area contributed by atoms with E-state index in [1.54, 1.807) is 18.9 Å². The highest BCUT2D eigenvalue weighted by Gasteiger charge is 2.44. The molecule has 0 heterocycles. The van der Waals surface area contributed by atoms with Gasteiger partial charge in [0, 0.05) is 24.8 Å². The largest absolute Gasteiger partial charge is 0.342 e. The summed E-state index contributed by atoms with van der Waals surface area (Å²) in [5, 5.41) is 0. The molecule has 0 N–H and O–H groups in total. The molecule has 2 aliphatic rings. The minimum absolute atomic E-state index is 0.0759. The summed E-state index contributed by atoms with van der Waals surface area (Å²) in [7, 11) is -1.27. The fourth-order valence-electron chi connectivity index (χ4n) is 3.62. The van der Waals surface area contributed by atoms with Crippen LogP contribution in [0.5, 0.6) is 0 Å². The first-order valence-corrected chi connectivity index (χ1v) is 9.13. The molecule has 0 aliphatic heterocycles. The zero-order valence-corrected chi connectivity index (χ0v) is 12.9.